The summed E-state index contributed by atoms with van der Waals surface area (Å²) in [5.74, 6) is -0.215. The van der Waals surface area contributed by atoms with Gasteiger partial charge in [0, 0.05) is 16.2 Å². The SMILES string of the molecule is O=C(Nc1cccc(-c2ccc(S(=O)(=O)Cl)cc2)n1)C1(c2ccc3c(c2)OC(F)(F)O3)CC1. The third-order valence-electron chi connectivity index (χ3n) is 5.56. The second-order valence-electron chi connectivity index (χ2n) is 7.74. The first-order valence-electron chi connectivity index (χ1n) is 9.80. The number of fused-ring (bicyclic) bond motifs is 1. The Balaban J connectivity index is 1.36. The monoisotopic (exact) mass is 492 g/mol. The number of hydrogen-bond donors (Lipinski definition) is 1. The van der Waals surface area contributed by atoms with Crippen LogP contribution in [-0.4, -0.2) is 25.6 Å². The molecule has 1 N–H and O–H groups in total. The zero-order valence-corrected chi connectivity index (χ0v) is 18.3. The molecule has 0 saturated heterocycles. The molecule has 2 aromatic carbocycles. The Kier molecular flexibility index (Phi) is 4.84. The first-order valence-corrected chi connectivity index (χ1v) is 12.1. The molecule has 11 heteroatoms. The topological polar surface area (TPSA) is 94.6 Å². The van der Waals surface area contributed by atoms with Crippen molar-refractivity contribution in [3.63, 3.8) is 0 Å². The van der Waals surface area contributed by atoms with Gasteiger partial charge in [-0.25, -0.2) is 13.4 Å². The standard InChI is InChI=1S/C22H15ClF2N2O5S/c23-33(29,30)15-7-4-13(5-8-15)16-2-1-3-19(26-16)27-20(28)21(10-11-21)14-6-9-17-18(12-14)32-22(24,25)31-17/h1-9,12H,10-11H2,(H,26,27,28). The third-order valence-corrected chi connectivity index (χ3v) is 6.93. The van der Waals surface area contributed by atoms with Crippen molar-refractivity contribution in [2.45, 2.75) is 29.4 Å². The van der Waals surface area contributed by atoms with Crippen LogP contribution in [0, 0.1) is 0 Å². The summed E-state index contributed by atoms with van der Waals surface area (Å²) in [4.78, 5) is 17.5. The molecule has 1 aromatic heterocycles. The maximum Gasteiger partial charge on any atom is 0.586 e. The first-order chi connectivity index (χ1) is 15.6. The van der Waals surface area contributed by atoms with E-state index in [2.05, 4.69) is 19.8 Å². The highest BCUT2D eigenvalue weighted by molar-refractivity contribution is 8.13. The number of hydrogen-bond acceptors (Lipinski definition) is 6. The summed E-state index contributed by atoms with van der Waals surface area (Å²) >= 11 is 0. The summed E-state index contributed by atoms with van der Waals surface area (Å²) in [6.45, 7) is 0. The van der Waals surface area contributed by atoms with E-state index >= 15 is 0 Å². The highest BCUT2D eigenvalue weighted by Crippen LogP contribution is 2.52. The van der Waals surface area contributed by atoms with Gasteiger partial charge in [0.15, 0.2) is 11.5 Å². The number of pyridine rings is 1. The van der Waals surface area contributed by atoms with E-state index in [0.717, 1.165) is 0 Å². The maximum absolute atomic E-state index is 13.3. The van der Waals surface area contributed by atoms with Gasteiger partial charge in [0.2, 0.25) is 5.91 Å². The molecule has 0 bridgehead atoms. The van der Waals surface area contributed by atoms with Crippen molar-refractivity contribution in [1.29, 1.82) is 0 Å². The molecule has 1 aliphatic heterocycles. The number of halogens is 3. The van der Waals surface area contributed by atoms with Crippen molar-refractivity contribution >= 4 is 31.5 Å². The van der Waals surface area contributed by atoms with Crippen LogP contribution >= 0.6 is 10.7 Å². The quantitative estimate of drug-likeness (QED) is 0.520. The second-order valence-corrected chi connectivity index (χ2v) is 10.3. The molecule has 0 radical (unpaired) electrons. The Labute approximate surface area is 191 Å². The highest BCUT2D eigenvalue weighted by atomic mass is 35.7. The predicted octanol–water partition coefficient (Wildman–Crippen LogP) is 4.67. The molecular formula is C22H15ClF2N2O5S. The minimum atomic E-state index is -3.84. The lowest BCUT2D eigenvalue weighted by Crippen LogP contribution is -2.28. The maximum atomic E-state index is 13.3. The van der Waals surface area contributed by atoms with E-state index in [4.69, 9.17) is 10.7 Å². The summed E-state index contributed by atoms with van der Waals surface area (Å²) in [5, 5.41) is 2.79. The number of ether oxygens (including phenoxy) is 2. The molecule has 5 rings (SSSR count). The van der Waals surface area contributed by atoms with Crippen LogP contribution in [0.1, 0.15) is 18.4 Å². The first kappa shape index (κ1) is 21.6. The molecule has 1 aliphatic carbocycles. The average Bonchev–Trinajstić information content (AvgIpc) is 3.50. The summed E-state index contributed by atoms with van der Waals surface area (Å²) in [7, 11) is 1.51. The van der Waals surface area contributed by atoms with Crippen molar-refractivity contribution in [2.75, 3.05) is 5.32 Å². The van der Waals surface area contributed by atoms with Crippen LogP contribution in [0.15, 0.2) is 65.6 Å². The zero-order valence-electron chi connectivity index (χ0n) is 16.7. The van der Waals surface area contributed by atoms with Crippen LogP contribution in [0.4, 0.5) is 14.6 Å². The minimum Gasteiger partial charge on any atom is -0.395 e. The van der Waals surface area contributed by atoms with Crippen LogP contribution < -0.4 is 14.8 Å². The minimum absolute atomic E-state index is 0.0328. The largest absolute Gasteiger partial charge is 0.586 e. The highest BCUT2D eigenvalue weighted by Gasteiger charge is 2.52. The van der Waals surface area contributed by atoms with Crippen molar-refractivity contribution in [2.24, 2.45) is 0 Å². The number of carbonyl (C=O) groups is 1. The Morgan fingerprint density at radius 3 is 2.36 bits per heavy atom. The molecule has 7 nitrogen and oxygen atoms in total. The summed E-state index contributed by atoms with van der Waals surface area (Å²) < 4.78 is 58.4. The number of anilines is 1. The molecular weight excluding hydrogens is 478 g/mol. The lowest BCUT2D eigenvalue weighted by Gasteiger charge is -2.16. The van der Waals surface area contributed by atoms with Crippen LogP contribution in [0.25, 0.3) is 11.3 Å². The van der Waals surface area contributed by atoms with Crippen LogP contribution in [0.3, 0.4) is 0 Å². The van der Waals surface area contributed by atoms with Gasteiger partial charge in [0.25, 0.3) is 9.05 Å². The second kappa shape index (κ2) is 7.39. The number of nitrogens with zero attached hydrogens (tertiary/aromatic N) is 1. The van der Waals surface area contributed by atoms with Crippen LogP contribution in [-0.2, 0) is 19.3 Å². The van der Waals surface area contributed by atoms with E-state index in [1.807, 2.05) is 0 Å². The fraction of sp³-hybridized carbons (Fsp3) is 0.182. The number of nitrogens with one attached hydrogen (secondary N) is 1. The summed E-state index contributed by atoms with van der Waals surface area (Å²) in [6.07, 6.45) is -2.64. The Bertz CT molecular complexity index is 1380. The lowest BCUT2D eigenvalue weighted by atomic mass is 9.94. The fourth-order valence-corrected chi connectivity index (χ4v) is 4.48. The number of alkyl halides is 2. The summed E-state index contributed by atoms with van der Waals surface area (Å²) in [5.41, 5.74) is 0.827. The number of aromatic nitrogens is 1. The molecule has 170 valence electrons. The molecule has 1 fully saturated rings. The van der Waals surface area contributed by atoms with Gasteiger partial charge < -0.3 is 14.8 Å². The molecule has 1 amide bonds. The smallest absolute Gasteiger partial charge is 0.395 e. The van der Waals surface area contributed by atoms with Crippen molar-refractivity contribution in [3.8, 4) is 22.8 Å². The Hall–Kier alpha value is -3.24. The molecule has 0 atom stereocenters. The fourth-order valence-electron chi connectivity index (χ4n) is 3.71. The van der Waals surface area contributed by atoms with Gasteiger partial charge in [-0.3, -0.25) is 4.79 Å². The van der Waals surface area contributed by atoms with Gasteiger partial charge in [0.05, 0.1) is 16.0 Å². The average molecular weight is 493 g/mol. The van der Waals surface area contributed by atoms with E-state index in [-0.39, 0.29) is 22.3 Å². The van der Waals surface area contributed by atoms with E-state index < -0.39 is 20.8 Å². The summed E-state index contributed by atoms with van der Waals surface area (Å²) in [6, 6.07) is 15.2. The van der Waals surface area contributed by atoms with Gasteiger partial charge in [-0.05, 0) is 54.8 Å². The van der Waals surface area contributed by atoms with Crippen molar-refractivity contribution in [1.82, 2.24) is 4.98 Å². The Morgan fingerprint density at radius 2 is 1.70 bits per heavy atom. The molecule has 0 spiro atoms. The van der Waals surface area contributed by atoms with E-state index in [9.17, 15) is 22.0 Å². The van der Waals surface area contributed by atoms with Crippen molar-refractivity contribution in [3.05, 3.63) is 66.2 Å². The van der Waals surface area contributed by atoms with Crippen LogP contribution in [0.5, 0.6) is 11.5 Å². The number of carbonyl (C=O) groups excluding carboxylic acids is 1. The number of rotatable bonds is 5. The van der Waals surface area contributed by atoms with E-state index in [1.54, 1.807) is 36.4 Å². The van der Waals surface area contributed by atoms with Gasteiger partial charge in [-0.15, -0.1) is 8.78 Å². The Morgan fingerprint density at radius 1 is 1.00 bits per heavy atom. The normalized spacial score (nSPS) is 17.4. The third kappa shape index (κ3) is 4.11. The lowest BCUT2D eigenvalue weighted by molar-refractivity contribution is -0.286. The van der Waals surface area contributed by atoms with E-state index in [1.165, 1.54) is 24.3 Å². The molecule has 0 unspecified atom stereocenters. The van der Waals surface area contributed by atoms with Gasteiger partial charge in [0.1, 0.15) is 5.82 Å². The van der Waals surface area contributed by atoms with Gasteiger partial charge in [-0.2, -0.15) is 0 Å². The number of benzene rings is 2. The van der Waals surface area contributed by atoms with Crippen molar-refractivity contribution < 1.29 is 31.5 Å². The van der Waals surface area contributed by atoms with Gasteiger partial charge >= 0.3 is 6.29 Å². The molecule has 33 heavy (non-hydrogen) atoms. The molecule has 3 aromatic rings. The molecule has 2 aliphatic rings. The zero-order chi connectivity index (χ0) is 23.4. The van der Waals surface area contributed by atoms with Gasteiger partial charge in [-0.1, -0.05) is 24.3 Å². The molecule has 2 heterocycles. The number of amides is 1. The van der Waals surface area contributed by atoms with E-state index in [0.29, 0.717) is 35.5 Å². The van der Waals surface area contributed by atoms with Crippen LogP contribution in [0.2, 0.25) is 0 Å². The molecule has 1 saturated carbocycles. The predicted molar refractivity (Wildman–Crippen MR) is 115 cm³/mol.